The van der Waals surface area contributed by atoms with Crippen LogP contribution in [0.2, 0.25) is 0 Å². The van der Waals surface area contributed by atoms with Gasteiger partial charge in [-0.15, -0.1) is 0 Å². The summed E-state index contributed by atoms with van der Waals surface area (Å²) in [5.41, 5.74) is 3.08. The van der Waals surface area contributed by atoms with Crippen molar-refractivity contribution in [2.24, 2.45) is 4.99 Å². The third-order valence-corrected chi connectivity index (χ3v) is 6.69. The highest BCUT2D eigenvalue weighted by Gasteiger charge is 2.18. The zero-order valence-electron chi connectivity index (χ0n) is 23.7. The van der Waals surface area contributed by atoms with Crippen LogP contribution >= 0.6 is 0 Å². The van der Waals surface area contributed by atoms with Gasteiger partial charge in [0.05, 0.1) is 36.2 Å². The monoisotopic (exact) mass is 543 g/mol. The number of hydrogen-bond donors (Lipinski definition) is 1. The van der Waals surface area contributed by atoms with E-state index in [-0.39, 0.29) is 6.61 Å². The molecule has 0 amide bonds. The molecule has 0 spiro atoms. The molecule has 0 aromatic carbocycles. The second-order valence-corrected chi connectivity index (χ2v) is 10.5. The molecule has 1 fully saturated rings. The van der Waals surface area contributed by atoms with Gasteiger partial charge in [0, 0.05) is 50.6 Å². The first-order chi connectivity index (χ1) is 19.2. The van der Waals surface area contributed by atoms with Gasteiger partial charge in [-0.05, 0) is 57.2 Å². The summed E-state index contributed by atoms with van der Waals surface area (Å²) in [6.45, 7) is 13.7. The van der Waals surface area contributed by atoms with Gasteiger partial charge in [-0.3, -0.25) is 4.90 Å². The molecule has 0 radical (unpaired) electrons. The molecule has 0 unspecified atom stereocenters. The van der Waals surface area contributed by atoms with Gasteiger partial charge in [-0.25, -0.2) is 14.5 Å². The van der Waals surface area contributed by atoms with Crippen LogP contribution in [0, 0.1) is 11.3 Å². The van der Waals surface area contributed by atoms with E-state index < -0.39 is 5.60 Å². The summed E-state index contributed by atoms with van der Waals surface area (Å²) in [7, 11) is 1.62. The van der Waals surface area contributed by atoms with Gasteiger partial charge in [0.1, 0.15) is 24.2 Å². The molecule has 1 N–H and O–H groups in total. The van der Waals surface area contributed by atoms with Crippen molar-refractivity contribution in [3.63, 3.8) is 0 Å². The number of rotatable bonds is 10. The first-order valence-corrected chi connectivity index (χ1v) is 13.3. The molecule has 0 saturated carbocycles. The molecule has 10 heteroatoms. The molecule has 0 aliphatic carbocycles. The lowest BCUT2D eigenvalue weighted by molar-refractivity contribution is 0.0283. The maximum absolute atomic E-state index is 10.1. The average Bonchev–Trinajstić information content (AvgIpc) is 3.23. The molecular formula is C30H37N7O3. The Morgan fingerprint density at radius 1 is 1.23 bits per heavy atom. The van der Waals surface area contributed by atoms with E-state index in [0.717, 1.165) is 61.7 Å². The predicted octanol–water partition coefficient (Wildman–Crippen LogP) is 3.91. The minimum atomic E-state index is -0.983. The van der Waals surface area contributed by atoms with Crippen molar-refractivity contribution in [2.75, 3.05) is 39.9 Å². The minimum absolute atomic E-state index is 0.123. The second-order valence-electron chi connectivity index (χ2n) is 10.5. The standard InChI is InChI=1S/C30H37N7O3/c1-22(26-15-25(40-21-30(2,3)38)20-37-29(26)24(16-31)18-34-37)7-9-27(32-4)36-12-6-11-35(13-14-36)19-23-8-10-28(39-5)33-17-23/h7-10,15,17-18,20,38H,4,6,11-14,19,21H2,1-3,5H3/b22-7+,27-9+. The minimum Gasteiger partial charge on any atom is -0.489 e. The van der Waals surface area contributed by atoms with Crippen LogP contribution in [0.25, 0.3) is 11.1 Å². The number of methoxy groups -OCH3 is 1. The zero-order chi connectivity index (χ0) is 28.7. The molecule has 1 saturated heterocycles. The molecule has 40 heavy (non-hydrogen) atoms. The number of aliphatic hydroxyl groups is 1. The van der Waals surface area contributed by atoms with Crippen LogP contribution in [0.5, 0.6) is 11.6 Å². The van der Waals surface area contributed by atoms with Crippen LogP contribution in [-0.4, -0.2) is 81.7 Å². The maximum atomic E-state index is 10.1. The second kappa shape index (κ2) is 12.8. The summed E-state index contributed by atoms with van der Waals surface area (Å²) in [5.74, 6) is 1.97. The number of ether oxygens (including phenoxy) is 2. The fourth-order valence-corrected chi connectivity index (χ4v) is 4.61. The van der Waals surface area contributed by atoms with Crippen LogP contribution < -0.4 is 9.47 Å². The van der Waals surface area contributed by atoms with Crippen molar-refractivity contribution in [3.05, 3.63) is 71.5 Å². The molecule has 1 aliphatic rings. The van der Waals surface area contributed by atoms with Gasteiger partial charge in [-0.1, -0.05) is 12.1 Å². The van der Waals surface area contributed by atoms with E-state index in [2.05, 4.69) is 43.7 Å². The number of hydrogen-bond acceptors (Lipinski definition) is 9. The van der Waals surface area contributed by atoms with Crippen molar-refractivity contribution < 1.29 is 14.6 Å². The summed E-state index contributed by atoms with van der Waals surface area (Å²) < 4.78 is 12.7. The van der Waals surface area contributed by atoms with Gasteiger partial charge in [0.25, 0.3) is 0 Å². The van der Waals surface area contributed by atoms with Crippen LogP contribution in [0.15, 0.2) is 59.8 Å². The SMILES string of the molecule is C=N/C(=C\C=C(/C)c1cc(OCC(C)(C)O)cn2ncc(C#N)c12)N1CCCN(Cc2ccc(OC)nc2)CC1. The molecule has 4 rings (SSSR count). The summed E-state index contributed by atoms with van der Waals surface area (Å²) in [6.07, 6.45) is 10.1. The lowest BCUT2D eigenvalue weighted by Crippen LogP contribution is -2.29. The number of aliphatic imine (C=N–C) groups is 1. The Morgan fingerprint density at radius 2 is 2.05 bits per heavy atom. The van der Waals surface area contributed by atoms with Crippen LogP contribution in [0.3, 0.4) is 0 Å². The number of nitriles is 1. The zero-order valence-corrected chi connectivity index (χ0v) is 23.7. The molecule has 210 valence electrons. The van der Waals surface area contributed by atoms with Gasteiger partial charge < -0.3 is 19.5 Å². The summed E-state index contributed by atoms with van der Waals surface area (Å²) >= 11 is 0. The fourth-order valence-electron chi connectivity index (χ4n) is 4.61. The first kappa shape index (κ1) is 28.8. The lowest BCUT2D eigenvalue weighted by Gasteiger charge is -2.23. The Labute approximate surface area is 235 Å². The highest BCUT2D eigenvalue weighted by Crippen LogP contribution is 2.28. The van der Waals surface area contributed by atoms with Crippen LogP contribution in [0.4, 0.5) is 0 Å². The fraction of sp³-hybridized carbons (Fsp3) is 0.400. The van der Waals surface area contributed by atoms with Gasteiger partial charge in [0.15, 0.2) is 0 Å². The third-order valence-electron chi connectivity index (χ3n) is 6.69. The van der Waals surface area contributed by atoms with E-state index in [1.54, 1.807) is 37.9 Å². The Kier molecular flexibility index (Phi) is 9.19. The van der Waals surface area contributed by atoms with Crippen molar-refractivity contribution >= 4 is 17.8 Å². The number of aromatic nitrogens is 3. The molecule has 3 aromatic heterocycles. The number of fused-ring (bicyclic) bond motifs is 1. The van der Waals surface area contributed by atoms with Gasteiger partial charge >= 0.3 is 0 Å². The van der Waals surface area contributed by atoms with E-state index in [4.69, 9.17) is 9.47 Å². The van der Waals surface area contributed by atoms with Crippen molar-refractivity contribution in [2.45, 2.75) is 39.3 Å². The van der Waals surface area contributed by atoms with E-state index in [1.165, 1.54) is 0 Å². The highest BCUT2D eigenvalue weighted by molar-refractivity contribution is 5.82. The molecule has 3 aromatic rings. The Hall–Kier alpha value is -4.20. The number of allylic oxidation sites excluding steroid dienone is 3. The van der Waals surface area contributed by atoms with E-state index in [0.29, 0.717) is 22.7 Å². The topological polar surface area (TPSA) is 112 Å². The number of nitrogens with zero attached hydrogens (tertiary/aromatic N) is 7. The Bertz CT molecular complexity index is 1430. The van der Waals surface area contributed by atoms with Crippen molar-refractivity contribution in [3.8, 4) is 17.7 Å². The van der Waals surface area contributed by atoms with Crippen LogP contribution in [-0.2, 0) is 6.54 Å². The van der Waals surface area contributed by atoms with Gasteiger partial charge in [-0.2, -0.15) is 10.4 Å². The predicted molar refractivity (Wildman–Crippen MR) is 155 cm³/mol. The maximum Gasteiger partial charge on any atom is 0.212 e. The Morgan fingerprint density at radius 3 is 2.73 bits per heavy atom. The molecular weight excluding hydrogens is 506 g/mol. The van der Waals surface area contributed by atoms with E-state index >= 15 is 0 Å². The molecule has 10 nitrogen and oxygen atoms in total. The van der Waals surface area contributed by atoms with E-state index in [1.807, 2.05) is 37.4 Å². The van der Waals surface area contributed by atoms with E-state index in [9.17, 15) is 10.4 Å². The summed E-state index contributed by atoms with van der Waals surface area (Å²) in [6, 6.07) is 8.05. The summed E-state index contributed by atoms with van der Waals surface area (Å²) in [4.78, 5) is 13.3. The summed E-state index contributed by atoms with van der Waals surface area (Å²) in [5, 5.41) is 24.1. The first-order valence-electron chi connectivity index (χ1n) is 13.3. The third kappa shape index (κ3) is 7.25. The molecule has 1 aliphatic heterocycles. The molecule has 0 bridgehead atoms. The lowest BCUT2D eigenvalue weighted by atomic mass is 10.0. The molecule has 4 heterocycles. The van der Waals surface area contributed by atoms with Crippen molar-refractivity contribution in [1.82, 2.24) is 24.4 Å². The normalized spacial score (nSPS) is 15.6. The van der Waals surface area contributed by atoms with Crippen LogP contribution in [0.1, 0.15) is 43.9 Å². The van der Waals surface area contributed by atoms with Crippen molar-refractivity contribution in [1.29, 1.82) is 5.26 Å². The largest absolute Gasteiger partial charge is 0.489 e. The average molecular weight is 544 g/mol. The molecule has 0 atom stereocenters. The van der Waals surface area contributed by atoms with Gasteiger partial charge in [0.2, 0.25) is 5.88 Å². The smallest absolute Gasteiger partial charge is 0.212 e. The quantitative estimate of drug-likeness (QED) is 0.303. The number of pyridine rings is 2. The highest BCUT2D eigenvalue weighted by atomic mass is 16.5. The Balaban J connectivity index is 1.52.